The second-order valence-corrected chi connectivity index (χ2v) is 7.83. The van der Waals surface area contributed by atoms with Gasteiger partial charge in [0.05, 0.1) is 13.1 Å². The Bertz CT molecular complexity index is 570. The summed E-state index contributed by atoms with van der Waals surface area (Å²) in [5, 5.41) is 4.06. The monoisotopic (exact) mass is 354 g/mol. The molecule has 124 valence electrons. The van der Waals surface area contributed by atoms with Crippen LogP contribution >= 0.6 is 23.2 Å². The molecule has 1 aliphatic carbocycles. The van der Waals surface area contributed by atoms with Crippen molar-refractivity contribution >= 4 is 35.3 Å². The lowest BCUT2D eigenvalue weighted by atomic mass is 10.1. The maximum atomic E-state index is 11.9. The van der Waals surface area contributed by atoms with Crippen molar-refractivity contribution < 1.29 is 9.69 Å². The van der Waals surface area contributed by atoms with E-state index in [0.29, 0.717) is 6.54 Å². The minimum absolute atomic E-state index is 0.0282. The molecule has 2 atom stereocenters. The molecular weight excluding hydrogens is 333 g/mol. The Kier molecular flexibility index (Phi) is 5.24. The van der Waals surface area contributed by atoms with Gasteiger partial charge in [-0.25, -0.2) is 5.43 Å². The molecule has 1 aliphatic heterocycles. The lowest BCUT2D eigenvalue weighted by Gasteiger charge is -2.22. The maximum absolute atomic E-state index is 11.9. The number of carbonyl (C=O) groups is 1. The number of piperidine rings is 1. The molecule has 0 unspecified atom stereocenters. The first-order valence-corrected chi connectivity index (χ1v) is 8.93. The molecule has 1 amide bonds. The van der Waals surface area contributed by atoms with Crippen molar-refractivity contribution in [1.29, 1.82) is 0 Å². The average molecular weight is 355 g/mol. The summed E-state index contributed by atoms with van der Waals surface area (Å²) in [6.45, 7) is 2.63. The highest BCUT2D eigenvalue weighted by Crippen LogP contribution is 2.63. The molecule has 1 heterocycles. The molecule has 1 saturated heterocycles. The highest BCUT2D eigenvalue weighted by atomic mass is 35.5. The van der Waals surface area contributed by atoms with Crippen molar-refractivity contribution in [2.75, 3.05) is 19.6 Å². The predicted octanol–water partition coefficient (Wildman–Crippen LogP) is 1.74. The molecular formula is C17H22Cl2N3O+. The zero-order chi connectivity index (χ0) is 16.3. The van der Waals surface area contributed by atoms with Gasteiger partial charge in [0, 0.05) is 18.1 Å². The summed E-state index contributed by atoms with van der Waals surface area (Å²) < 4.78 is -0.840. The molecule has 6 heteroatoms. The third-order valence-corrected chi connectivity index (χ3v) is 5.64. The van der Waals surface area contributed by atoms with Gasteiger partial charge in [0.15, 0.2) is 6.54 Å². The van der Waals surface area contributed by atoms with Crippen molar-refractivity contribution in [3.05, 3.63) is 35.9 Å². The number of likely N-dealkylation sites (tertiary alicyclic amines) is 1. The lowest BCUT2D eigenvalue weighted by molar-refractivity contribution is -0.896. The first kappa shape index (κ1) is 16.7. The minimum Gasteiger partial charge on any atom is -0.327 e. The molecule has 1 aromatic carbocycles. The SMILES string of the molecule is O=C(C[NH+]1CCCCC1)N/N=C\[C@@H]1[C@@H](c2ccccc2)C1(Cl)Cl. The van der Waals surface area contributed by atoms with E-state index in [1.807, 2.05) is 30.3 Å². The highest BCUT2D eigenvalue weighted by molar-refractivity contribution is 6.53. The van der Waals surface area contributed by atoms with E-state index in [1.54, 1.807) is 6.21 Å². The molecule has 0 bridgehead atoms. The van der Waals surface area contributed by atoms with Crippen molar-refractivity contribution in [1.82, 2.24) is 5.43 Å². The van der Waals surface area contributed by atoms with Crippen molar-refractivity contribution in [2.24, 2.45) is 11.0 Å². The summed E-state index contributed by atoms with van der Waals surface area (Å²) in [4.78, 5) is 13.2. The number of benzene rings is 1. The van der Waals surface area contributed by atoms with Crippen molar-refractivity contribution in [3.63, 3.8) is 0 Å². The van der Waals surface area contributed by atoms with Gasteiger partial charge in [-0.15, -0.1) is 23.2 Å². The fourth-order valence-corrected chi connectivity index (χ4v) is 4.07. The standard InChI is InChI=1S/C17H21Cl2N3O/c18-17(19)14(16(17)13-7-3-1-4-8-13)11-20-21-15(23)12-22-9-5-2-6-10-22/h1,3-4,7-8,11,14,16H,2,5-6,9-10,12H2,(H,21,23)/p+1/b20-11-/t14-,16-/m1/s1. The number of nitrogens with one attached hydrogen (secondary N) is 2. The van der Waals surface area contributed by atoms with Crippen LogP contribution in [0.2, 0.25) is 0 Å². The number of quaternary nitrogens is 1. The fraction of sp³-hybridized carbons (Fsp3) is 0.529. The lowest BCUT2D eigenvalue weighted by Crippen LogP contribution is -3.13. The number of hydrogen-bond donors (Lipinski definition) is 2. The van der Waals surface area contributed by atoms with Crippen LogP contribution in [0, 0.1) is 5.92 Å². The third kappa shape index (κ3) is 4.06. The topological polar surface area (TPSA) is 45.9 Å². The van der Waals surface area contributed by atoms with Gasteiger partial charge in [-0.05, 0) is 24.8 Å². The average Bonchev–Trinajstić information content (AvgIpc) is 3.10. The number of nitrogens with zero attached hydrogens (tertiary/aromatic N) is 1. The fourth-order valence-electron chi connectivity index (χ4n) is 3.31. The van der Waals surface area contributed by atoms with E-state index in [2.05, 4.69) is 10.5 Å². The van der Waals surface area contributed by atoms with E-state index in [9.17, 15) is 4.79 Å². The molecule has 23 heavy (non-hydrogen) atoms. The molecule has 2 fully saturated rings. The summed E-state index contributed by atoms with van der Waals surface area (Å²) >= 11 is 12.7. The number of carbonyl (C=O) groups excluding carboxylic acids is 1. The Hall–Kier alpha value is -1.10. The number of amides is 1. The summed E-state index contributed by atoms with van der Waals surface area (Å²) in [6, 6.07) is 9.92. The summed E-state index contributed by atoms with van der Waals surface area (Å²) in [6.07, 6.45) is 5.35. The first-order chi connectivity index (χ1) is 11.1. The van der Waals surface area contributed by atoms with Gasteiger partial charge >= 0.3 is 0 Å². The van der Waals surface area contributed by atoms with Crippen LogP contribution in [0.15, 0.2) is 35.4 Å². The van der Waals surface area contributed by atoms with Gasteiger partial charge in [0.1, 0.15) is 4.33 Å². The third-order valence-electron chi connectivity index (χ3n) is 4.66. The van der Waals surface area contributed by atoms with E-state index >= 15 is 0 Å². The molecule has 1 aromatic rings. The van der Waals surface area contributed by atoms with Gasteiger partial charge in [-0.2, -0.15) is 5.10 Å². The zero-order valence-corrected chi connectivity index (χ0v) is 14.5. The smallest absolute Gasteiger partial charge is 0.295 e. The van der Waals surface area contributed by atoms with E-state index in [4.69, 9.17) is 23.2 Å². The van der Waals surface area contributed by atoms with Crippen LogP contribution in [0.4, 0.5) is 0 Å². The Morgan fingerprint density at radius 1 is 1.26 bits per heavy atom. The molecule has 3 rings (SSSR count). The number of halogens is 2. The van der Waals surface area contributed by atoms with Gasteiger partial charge in [-0.3, -0.25) is 4.79 Å². The van der Waals surface area contributed by atoms with Gasteiger partial charge in [0.25, 0.3) is 5.91 Å². The number of alkyl halides is 2. The van der Waals surface area contributed by atoms with E-state index < -0.39 is 4.33 Å². The molecule has 0 spiro atoms. The second-order valence-electron chi connectivity index (χ2n) is 6.39. The van der Waals surface area contributed by atoms with Crippen LogP contribution < -0.4 is 10.3 Å². The van der Waals surface area contributed by atoms with Crippen LogP contribution in [0.3, 0.4) is 0 Å². The van der Waals surface area contributed by atoms with Crippen LogP contribution in [0.5, 0.6) is 0 Å². The Balaban J connectivity index is 1.49. The highest BCUT2D eigenvalue weighted by Gasteiger charge is 2.63. The Morgan fingerprint density at radius 3 is 2.65 bits per heavy atom. The largest absolute Gasteiger partial charge is 0.327 e. The van der Waals surface area contributed by atoms with Gasteiger partial charge < -0.3 is 4.90 Å². The Morgan fingerprint density at radius 2 is 1.96 bits per heavy atom. The van der Waals surface area contributed by atoms with E-state index in [0.717, 1.165) is 18.7 Å². The molecule has 1 saturated carbocycles. The van der Waals surface area contributed by atoms with Crippen LogP contribution in [0.25, 0.3) is 0 Å². The van der Waals surface area contributed by atoms with Crippen molar-refractivity contribution in [3.8, 4) is 0 Å². The number of rotatable bonds is 5. The number of hydrazone groups is 1. The van der Waals surface area contributed by atoms with Crippen LogP contribution in [-0.2, 0) is 4.79 Å². The zero-order valence-electron chi connectivity index (χ0n) is 13.0. The van der Waals surface area contributed by atoms with Crippen LogP contribution in [0.1, 0.15) is 30.7 Å². The maximum Gasteiger partial charge on any atom is 0.295 e. The van der Waals surface area contributed by atoms with Gasteiger partial charge in [0.2, 0.25) is 0 Å². The van der Waals surface area contributed by atoms with E-state index in [1.165, 1.54) is 24.2 Å². The van der Waals surface area contributed by atoms with E-state index in [-0.39, 0.29) is 17.7 Å². The summed E-state index contributed by atoms with van der Waals surface area (Å²) in [5.41, 5.74) is 3.70. The van der Waals surface area contributed by atoms with Gasteiger partial charge in [-0.1, -0.05) is 30.3 Å². The normalized spacial score (nSPS) is 27.0. The second kappa shape index (κ2) is 7.20. The number of hydrogen-bond acceptors (Lipinski definition) is 2. The molecule has 0 aromatic heterocycles. The molecule has 0 radical (unpaired) electrons. The summed E-state index contributed by atoms with van der Waals surface area (Å²) in [5.74, 6) is -0.0962. The van der Waals surface area contributed by atoms with Crippen LogP contribution in [-0.4, -0.2) is 36.1 Å². The molecule has 4 nitrogen and oxygen atoms in total. The minimum atomic E-state index is -0.840. The molecule has 2 N–H and O–H groups in total. The first-order valence-electron chi connectivity index (χ1n) is 8.17. The molecule has 2 aliphatic rings. The quantitative estimate of drug-likeness (QED) is 0.472. The van der Waals surface area contributed by atoms with Crippen molar-refractivity contribution in [2.45, 2.75) is 29.5 Å². The Labute approximate surface area is 146 Å². The summed E-state index contributed by atoms with van der Waals surface area (Å²) in [7, 11) is 0. The predicted molar refractivity (Wildman–Crippen MR) is 93.2 cm³/mol.